The van der Waals surface area contributed by atoms with Gasteiger partial charge in [0, 0.05) is 17.4 Å². The monoisotopic (exact) mass is 403 g/mol. The molecule has 2 aromatic carbocycles. The van der Waals surface area contributed by atoms with Crippen molar-refractivity contribution in [1.29, 1.82) is 0 Å². The number of alkyl halides is 3. The number of aromatic nitrogens is 2. The summed E-state index contributed by atoms with van der Waals surface area (Å²) in [6.45, 7) is 1.93. The van der Waals surface area contributed by atoms with E-state index in [0.717, 1.165) is 24.3 Å². The Morgan fingerprint density at radius 2 is 1.83 bits per heavy atom. The second-order valence-corrected chi connectivity index (χ2v) is 5.95. The van der Waals surface area contributed by atoms with Gasteiger partial charge in [-0.25, -0.2) is 9.48 Å². The molecule has 0 aliphatic rings. The quantitative estimate of drug-likeness (QED) is 0.644. The van der Waals surface area contributed by atoms with Crippen molar-refractivity contribution in [2.24, 2.45) is 0 Å². The maximum absolute atomic E-state index is 12.6. The fourth-order valence-corrected chi connectivity index (χ4v) is 2.52. The number of ether oxygens (including phenoxy) is 1. The van der Waals surface area contributed by atoms with Gasteiger partial charge in [0.05, 0.1) is 17.9 Å². The number of hydrogen-bond acceptors (Lipinski definition) is 4. The molecule has 1 N–H and O–H groups in total. The van der Waals surface area contributed by atoms with E-state index in [-0.39, 0.29) is 17.9 Å². The highest BCUT2D eigenvalue weighted by atomic mass is 19.4. The molecule has 1 aromatic heterocycles. The van der Waals surface area contributed by atoms with Crippen molar-refractivity contribution in [3.63, 3.8) is 0 Å². The number of carbonyl (C=O) groups is 2. The van der Waals surface area contributed by atoms with Crippen LogP contribution in [-0.2, 0) is 10.9 Å². The summed E-state index contributed by atoms with van der Waals surface area (Å²) >= 11 is 0. The first-order valence-electron chi connectivity index (χ1n) is 8.60. The third-order valence-corrected chi connectivity index (χ3v) is 3.92. The zero-order valence-electron chi connectivity index (χ0n) is 15.2. The van der Waals surface area contributed by atoms with Crippen LogP contribution in [0, 0.1) is 0 Å². The van der Waals surface area contributed by atoms with E-state index in [1.54, 1.807) is 37.4 Å². The fourth-order valence-electron chi connectivity index (χ4n) is 2.52. The first-order chi connectivity index (χ1) is 13.8. The third kappa shape index (κ3) is 4.81. The Labute approximate surface area is 163 Å². The second kappa shape index (κ2) is 8.17. The molecule has 6 nitrogen and oxygen atoms in total. The van der Waals surface area contributed by atoms with Crippen molar-refractivity contribution < 1.29 is 27.5 Å². The largest absolute Gasteiger partial charge is 0.461 e. The van der Waals surface area contributed by atoms with E-state index in [2.05, 4.69) is 10.4 Å². The lowest BCUT2D eigenvalue weighted by atomic mass is 10.1. The van der Waals surface area contributed by atoms with Crippen molar-refractivity contribution in [3.8, 4) is 5.69 Å². The Morgan fingerprint density at radius 3 is 2.48 bits per heavy atom. The molecule has 0 aliphatic heterocycles. The van der Waals surface area contributed by atoms with Crippen LogP contribution in [0.3, 0.4) is 0 Å². The number of benzene rings is 2. The van der Waals surface area contributed by atoms with Crippen molar-refractivity contribution in [2.75, 3.05) is 11.9 Å². The molecule has 3 aromatic rings. The van der Waals surface area contributed by atoms with Crippen LogP contribution < -0.4 is 5.32 Å². The topological polar surface area (TPSA) is 73.2 Å². The second-order valence-electron chi connectivity index (χ2n) is 5.95. The molecule has 0 fully saturated rings. The van der Waals surface area contributed by atoms with E-state index in [1.807, 2.05) is 0 Å². The van der Waals surface area contributed by atoms with E-state index in [4.69, 9.17) is 4.74 Å². The van der Waals surface area contributed by atoms with Gasteiger partial charge in [-0.2, -0.15) is 18.3 Å². The third-order valence-electron chi connectivity index (χ3n) is 3.92. The van der Waals surface area contributed by atoms with Gasteiger partial charge in [-0.05, 0) is 55.5 Å². The van der Waals surface area contributed by atoms with Crippen LogP contribution in [0.15, 0.2) is 60.8 Å². The van der Waals surface area contributed by atoms with E-state index >= 15 is 0 Å². The smallest absolute Gasteiger partial charge is 0.416 e. The van der Waals surface area contributed by atoms with Crippen molar-refractivity contribution >= 4 is 17.6 Å². The minimum atomic E-state index is -4.46. The van der Waals surface area contributed by atoms with Crippen LogP contribution in [-0.4, -0.2) is 28.3 Å². The summed E-state index contributed by atoms with van der Waals surface area (Å²) < 4.78 is 44.2. The molecule has 9 heteroatoms. The minimum absolute atomic E-state index is 0.0899. The Bertz CT molecular complexity index is 1030. The SMILES string of the molecule is CCOC(=O)c1ccn(-c2cccc(NC(=O)c3ccc(C(F)(F)F)cc3)c2)n1. The molecule has 0 bridgehead atoms. The van der Waals surface area contributed by atoms with Gasteiger partial charge < -0.3 is 10.1 Å². The predicted molar refractivity (Wildman–Crippen MR) is 98.9 cm³/mol. The lowest BCUT2D eigenvalue weighted by Crippen LogP contribution is -2.13. The summed E-state index contributed by atoms with van der Waals surface area (Å²) in [4.78, 5) is 24.0. The number of carbonyl (C=O) groups excluding carboxylic acids is 2. The molecule has 0 saturated carbocycles. The highest BCUT2D eigenvalue weighted by Gasteiger charge is 2.30. The van der Waals surface area contributed by atoms with Crippen LogP contribution in [0.5, 0.6) is 0 Å². The highest BCUT2D eigenvalue weighted by Crippen LogP contribution is 2.29. The average Bonchev–Trinajstić information content (AvgIpc) is 3.18. The number of anilines is 1. The first kappa shape index (κ1) is 20.1. The summed E-state index contributed by atoms with van der Waals surface area (Å²) in [5.74, 6) is -1.10. The Balaban J connectivity index is 1.74. The Kier molecular flexibility index (Phi) is 5.67. The number of hydrogen-bond donors (Lipinski definition) is 1. The van der Waals surface area contributed by atoms with Crippen LogP contribution in [0.4, 0.5) is 18.9 Å². The summed E-state index contributed by atoms with van der Waals surface area (Å²) in [5.41, 5.74) is 0.400. The van der Waals surface area contributed by atoms with Crippen LogP contribution in [0.25, 0.3) is 5.69 Å². The van der Waals surface area contributed by atoms with Crippen molar-refractivity contribution in [3.05, 3.63) is 77.6 Å². The lowest BCUT2D eigenvalue weighted by Gasteiger charge is -2.09. The molecule has 29 heavy (non-hydrogen) atoms. The normalized spacial score (nSPS) is 11.2. The van der Waals surface area contributed by atoms with E-state index < -0.39 is 23.6 Å². The predicted octanol–water partition coefficient (Wildman–Crippen LogP) is 4.32. The average molecular weight is 403 g/mol. The van der Waals surface area contributed by atoms with Gasteiger partial charge in [0.1, 0.15) is 0 Å². The maximum Gasteiger partial charge on any atom is 0.416 e. The van der Waals surface area contributed by atoms with E-state index in [9.17, 15) is 22.8 Å². The lowest BCUT2D eigenvalue weighted by molar-refractivity contribution is -0.137. The summed E-state index contributed by atoms with van der Waals surface area (Å²) in [7, 11) is 0. The Morgan fingerprint density at radius 1 is 1.10 bits per heavy atom. The van der Waals surface area contributed by atoms with Crippen LogP contribution in [0.1, 0.15) is 33.3 Å². The standard InChI is InChI=1S/C20H16F3N3O3/c1-2-29-19(28)17-10-11-26(25-17)16-5-3-4-15(12-16)24-18(27)13-6-8-14(9-7-13)20(21,22)23/h3-12H,2H2,1H3,(H,24,27). The molecule has 0 radical (unpaired) electrons. The van der Waals surface area contributed by atoms with Crippen molar-refractivity contribution in [1.82, 2.24) is 9.78 Å². The number of nitrogens with one attached hydrogen (secondary N) is 1. The number of amides is 1. The van der Waals surface area contributed by atoms with Gasteiger partial charge in [0.15, 0.2) is 5.69 Å². The summed E-state index contributed by atoms with van der Waals surface area (Å²) in [6, 6.07) is 12.1. The molecule has 1 heterocycles. The van der Waals surface area contributed by atoms with Gasteiger partial charge >= 0.3 is 12.1 Å². The van der Waals surface area contributed by atoms with Gasteiger partial charge in [-0.1, -0.05) is 6.07 Å². The zero-order valence-corrected chi connectivity index (χ0v) is 15.2. The number of esters is 1. The molecular weight excluding hydrogens is 387 g/mol. The molecule has 150 valence electrons. The van der Waals surface area contributed by atoms with Gasteiger partial charge in [0.25, 0.3) is 5.91 Å². The summed E-state index contributed by atoms with van der Waals surface area (Å²) in [6.07, 6.45) is -2.89. The molecule has 0 aliphatic carbocycles. The van der Waals surface area contributed by atoms with Gasteiger partial charge in [-0.3, -0.25) is 4.79 Å². The molecular formula is C20H16F3N3O3. The maximum atomic E-state index is 12.6. The Hall–Kier alpha value is -3.62. The molecule has 3 rings (SSSR count). The van der Waals surface area contributed by atoms with Crippen LogP contribution in [0.2, 0.25) is 0 Å². The molecule has 0 atom stereocenters. The summed E-state index contributed by atoms with van der Waals surface area (Å²) in [5, 5.41) is 6.76. The molecule has 0 spiro atoms. The zero-order chi connectivity index (χ0) is 21.0. The number of nitrogens with zero attached hydrogens (tertiary/aromatic N) is 2. The van der Waals surface area contributed by atoms with Crippen molar-refractivity contribution in [2.45, 2.75) is 13.1 Å². The molecule has 1 amide bonds. The first-order valence-corrected chi connectivity index (χ1v) is 8.60. The van der Waals surface area contributed by atoms with Gasteiger partial charge in [-0.15, -0.1) is 0 Å². The van der Waals surface area contributed by atoms with Gasteiger partial charge in [0.2, 0.25) is 0 Å². The highest BCUT2D eigenvalue weighted by molar-refractivity contribution is 6.04. The molecule has 0 saturated heterocycles. The molecule has 0 unspecified atom stereocenters. The number of rotatable bonds is 5. The minimum Gasteiger partial charge on any atom is -0.461 e. The van der Waals surface area contributed by atoms with Crippen LogP contribution >= 0.6 is 0 Å². The van der Waals surface area contributed by atoms with E-state index in [1.165, 1.54) is 10.7 Å². The van der Waals surface area contributed by atoms with E-state index in [0.29, 0.717) is 11.4 Å². The number of halogens is 3. The fraction of sp³-hybridized carbons (Fsp3) is 0.150.